The highest BCUT2D eigenvalue weighted by molar-refractivity contribution is 4.75. The third-order valence-electron chi connectivity index (χ3n) is 4.38. The Morgan fingerprint density at radius 1 is 1.06 bits per heavy atom. The molecule has 94 valence electrons. The SMILES string of the molecule is CC1CCCCC1CNCC1CCCOC1. The van der Waals surface area contributed by atoms with E-state index in [1.807, 2.05) is 0 Å². The lowest BCUT2D eigenvalue weighted by molar-refractivity contribution is 0.0540. The largest absolute Gasteiger partial charge is 0.381 e. The van der Waals surface area contributed by atoms with Crippen molar-refractivity contribution in [3.63, 3.8) is 0 Å². The molecule has 0 aromatic rings. The highest BCUT2D eigenvalue weighted by Crippen LogP contribution is 2.28. The number of hydrogen-bond acceptors (Lipinski definition) is 2. The van der Waals surface area contributed by atoms with Crippen molar-refractivity contribution in [2.24, 2.45) is 17.8 Å². The molecule has 3 atom stereocenters. The summed E-state index contributed by atoms with van der Waals surface area (Å²) in [6.07, 6.45) is 8.39. The Morgan fingerprint density at radius 3 is 2.69 bits per heavy atom. The van der Waals surface area contributed by atoms with Crippen LogP contribution in [0.5, 0.6) is 0 Å². The van der Waals surface area contributed by atoms with Crippen LogP contribution in [0.15, 0.2) is 0 Å². The van der Waals surface area contributed by atoms with E-state index in [4.69, 9.17) is 4.74 Å². The smallest absolute Gasteiger partial charge is 0.0506 e. The van der Waals surface area contributed by atoms with Crippen LogP contribution < -0.4 is 5.32 Å². The van der Waals surface area contributed by atoms with E-state index in [0.717, 1.165) is 31.0 Å². The van der Waals surface area contributed by atoms with E-state index in [2.05, 4.69) is 12.2 Å². The second kappa shape index (κ2) is 6.61. The molecule has 1 saturated carbocycles. The summed E-state index contributed by atoms with van der Waals surface area (Å²) in [7, 11) is 0. The summed E-state index contributed by atoms with van der Waals surface area (Å²) in [5, 5.41) is 3.68. The second-order valence-electron chi connectivity index (χ2n) is 5.76. The van der Waals surface area contributed by atoms with E-state index in [0.29, 0.717) is 0 Å². The molecule has 0 amide bonds. The molecule has 1 aliphatic carbocycles. The maximum atomic E-state index is 5.51. The van der Waals surface area contributed by atoms with Gasteiger partial charge in [0, 0.05) is 13.2 Å². The van der Waals surface area contributed by atoms with Crippen molar-refractivity contribution in [2.45, 2.75) is 45.4 Å². The van der Waals surface area contributed by atoms with Gasteiger partial charge in [-0.2, -0.15) is 0 Å². The Labute approximate surface area is 100 Å². The fourth-order valence-corrected chi connectivity index (χ4v) is 3.14. The third kappa shape index (κ3) is 3.74. The summed E-state index contributed by atoms with van der Waals surface area (Å²) < 4.78 is 5.51. The quantitative estimate of drug-likeness (QED) is 0.794. The minimum atomic E-state index is 0.771. The molecular weight excluding hydrogens is 198 g/mol. The lowest BCUT2D eigenvalue weighted by atomic mass is 9.80. The van der Waals surface area contributed by atoms with E-state index in [1.54, 1.807) is 0 Å². The summed E-state index contributed by atoms with van der Waals surface area (Å²) >= 11 is 0. The van der Waals surface area contributed by atoms with Gasteiger partial charge in [-0.05, 0) is 43.6 Å². The lowest BCUT2D eigenvalue weighted by Gasteiger charge is -2.30. The van der Waals surface area contributed by atoms with Crippen LogP contribution in [0.1, 0.15) is 45.4 Å². The van der Waals surface area contributed by atoms with Gasteiger partial charge < -0.3 is 10.1 Å². The van der Waals surface area contributed by atoms with Crippen molar-refractivity contribution in [1.29, 1.82) is 0 Å². The Morgan fingerprint density at radius 2 is 1.94 bits per heavy atom. The van der Waals surface area contributed by atoms with Gasteiger partial charge in [-0.15, -0.1) is 0 Å². The van der Waals surface area contributed by atoms with E-state index in [9.17, 15) is 0 Å². The standard InChI is InChI=1S/C14H27NO/c1-12-5-2-3-7-14(12)10-15-9-13-6-4-8-16-11-13/h12-15H,2-11H2,1H3. The lowest BCUT2D eigenvalue weighted by Crippen LogP contribution is -2.34. The number of hydrogen-bond donors (Lipinski definition) is 1. The summed E-state index contributed by atoms with van der Waals surface area (Å²) in [5.74, 6) is 2.63. The fraction of sp³-hybridized carbons (Fsp3) is 1.00. The maximum Gasteiger partial charge on any atom is 0.0506 e. The molecule has 1 N–H and O–H groups in total. The Kier molecular flexibility index (Phi) is 5.11. The van der Waals surface area contributed by atoms with Crippen molar-refractivity contribution in [2.75, 3.05) is 26.3 Å². The van der Waals surface area contributed by atoms with Crippen molar-refractivity contribution in [3.8, 4) is 0 Å². The molecule has 2 rings (SSSR count). The van der Waals surface area contributed by atoms with Gasteiger partial charge in [-0.25, -0.2) is 0 Å². The molecule has 0 aromatic carbocycles. The van der Waals surface area contributed by atoms with Crippen molar-refractivity contribution in [3.05, 3.63) is 0 Å². The summed E-state index contributed by atoms with van der Waals surface area (Å²) in [5.41, 5.74) is 0. The molecule has 1 saturated heterocycles. The summed E-state index contributed by atoms with van der Waals surface area (Å²) in [6, 6.07) is 0. The zero-order valence-electron chi connectivity index (χ0n) is 10.7. The van der Waals surface area contributed by atoms with Gasteiger partial charge in [0.05, 0.1) is 6.61 Å². The molecule has 3 unspecified atom stereocenters. The summed E-state index contributed by atoms with van der Waals surface area (Å²) in [6.45, 7) is 6.79. The molecule has 2 nitrogen and oxygen atoms in total. The molecule has 1 heterocycles. The van der Waals surface area contributed by atoms with Crippen LogP contribution in [-0.2, 0) is 4.74 Å². The third-order valence-corrected chi connectivity index (χ3v) is 4.38. The fourth-order valence-electron chi connectivity index (χ4n) is 3.14. The van der Waals surface area contributed by atoms with Crippen LogP contribution in [0.25, 0.3) is 0 Å². The average molecular weight is 225 g/mol. The Balaban J connectivity index is 1.59. The van der Waals surface area contributed by atoms with Crippen molar-refractivity contribution in [1.82, 2.24) is 5.32 Å². The van der Waals surface area contributed by atoms with Crippen LogP contribution in [0, 0.1) is 17.8 Å². The molecule has 2 fully saturated rings. The first-order valence-corrected chi connectivity index (χ1v) is 7.14. The highest BCUT2D eigenvalue weighted by atomic mass is 16.5. The minimum absolute atomic E-state index is 0.771. The van der Waals surface area contributed by atoms with E-state index in [1.165, 1.54) is 51.6 Å². The molecule has 2 aliphatic rings. The van der Waals surface area contributed by atoms with Crippen LogP contribution in [-0.4, -0.2) is 26.3 Å². The molecule has 2 heteroatoms. The maximum absolute atomic E-state index is 5.51. The minimum Gasteiger partial charge on any atom is -0.381 e. The first-order chi connectivity index (χ1) is 7.86. The zero-order chi connectivity index (χ0) is 11.2. The van der Waals surface area contributed by atoms with E-state index < -0.39 is 0 Å². The first kappa shape index (κ1) is 12.4. The molecule has 0 bridgehead atoms. The van der Waals surface area contributed by atoms with Crippen LogP contribution >= 0.6 is 0 Å². The Hall–Kier alpha value is -0.0800. The monoisotopic (exact) mass is 225 g/mol. The van der Waals surface area contributed by atoms with Crippen LogP contribution in [0.3, 0.4) is 0 Å². The van der Waals surface area contributed by atoms with Gasteiger partial charge in [0.1, 0.15) is 0 Å². The van der Waals surface area contributed by atoms with Crippen molar-refractivity contribution < 1.29 is 4.74 Å². The van der Waals surface area contributed by atoms with Crippen LogP contribution in [0.2, 0.25) is 0 Å². The van der Waals surface area contributed by atoms with Gasteiger partial charge in [0.15, 0.2) is 0 Å². The average Bonchev–Trinajstić information content (AvgIpc) is 2.33. The molecular formula is C14H27NO. The number of rotatable bonds is 4. The first-order valence-electron chi connectivity index (χ1n) is 7.14. The van der Waals surface area contributed by atoms with E-state index >= 15 is 0 Å². The van der Waals surface area contributed by atoms with Crippen molar-refractivity contribution >= 4 is 0 Å². The van der Waals surface area contributed by atoms with Crippen LogP contribution in [0.4, 0.5) is 0 Å². The molecule has 0 aromatic heterocycles. The van der Waals surface area contributed by atoms with Gasteiger partial charge in [-0.1, -0.05) is 26.2 Å². The molecule has 0 spiro atoms. The van der Waals surface area contributed by atoms with E-state index in [-0.39, 0.29) is 0 Å². The molecule has 16 heavy (non-hydrogen) atoms. The zero-order valence-corrected chi connectivity index (χ0v) is 10.7. The highest BCUT2D eigenvalue weighted by Gasteiger charge is 2.21. The predicted molar refractivity (Wildman–Crippen MR) is 67.5 cm³/mol. The van der Waals surface area contributed by atoms with Gasteiger partial charge in [0.25, 0.3) is 0 Å². The topological polar surface area (TPSA) is 21.3 Å². The Bertz CT molecular complexity index is 189. The molecule has 1 aliphatic heterocycles. The number of nitrogens with one attached hydrogen (secondary N) is 1. The second-order valence-corrected chi connectivity index (χ2v) is 5.76. The number of ether oxygens (including phenoxy) is 1. The summed E-state index contributed by atoms with van der Waals surface area (Å²) in [4.78, 5) is 0. The van der Waals surface area contributed by atoms with Gasteiger partial charge >= 0.3 is 0 Å². The van der Waals surface area contributed by atoms with Gasteiger partial charge in [0.2, 0.25) is 0 Å². The normalized spacial score (nSPS) is 36.2. The predicted octanol–water partition coefficient (Wildman–Crippen LogP) is 2.83. The molecule has 0 radical (unpaired) electrons. The van der Waals surface area contributed by atoms with Gasteiger partial charge in [-0.3, -0.25) is 0 Å².